The number of ether oxygens (including phenoxy) is 1. The predicted molar refractivity (Wildman–Crippen MR) is 114 cm³/mol. The summed E-state index contributed by atoms with van der Waals surface area (Å²) in [4.78, 5) is 28.7. The largest absolute Gasteiger partial charge is 0.368 e. The van der Waals surface area contributed by atoms with E-state index in [0.717, 1.165) is 25.9 Å². The second-order valence-corrected chi connectivity index (χ2v) is 8.54. The number of benzene rings is 1. The van der Waals surface area contributed by atoms with Gasteiger partial charge >= 0.3 is 0 Å². The van der Waals surface area contributed by atoms with E-state index in [-0.39, 0.29) is 24.0 Å². The lowest BCUT2D eigenvalue weighted by atomic mass is 10.1. The summed E-state index contributed by atoms with van der Waals surface area (Å²) in [6.07, 6.45) is 3.68. The van der Waals surface area contributed by atoms with E-state index in [2.05, 4.69) is 33.0 Å². The highest BCUT2D eigenvalue weighted by Gasteiger charge is 2.25. The Hall–Kier alpha value is -2.22. The van der Waals surface area contributed by atoms with E-state index in [0.29, 0.717) is 24.4 Å². The third kappa shape index (κ3) is 5.04. The van der Waals surface area contributed by atoms with Gasteiger partial charge in [-0.2, -0.15) is 0 Å². The van der Waals surface area contributed by atoms with Crippen LogP contribution < -0.4 is 10.6 Å². The molecule has 0 aliphatic carbocycles. The Morgan fingerprint density at radius 1 is 1.17 bits per heavy atom. The van der Waals surface area contributed by atoms with E-state index in [1.165, 1.54) is 17.7 Å². The number of thiophene rings is 1. The number of amides is 2. The van der Waals surface area contributed by atoms with Gasteiger partial charge in [0.2, 0.25) is 0 Å². The van der Waals surface area contributed by atoms with E-state index in [1.807, 2.05) is 0 Å². The van der Waals surface area contributed by atoms with Gasteiger partial charge in [-0.05, 0) is 68.4 Å². The first-order valence-electron chi connectivity index (χ1n) is 10.3. The van der Waals surface area contributed by atoms with Crippen LogP contribution >= 0.6 is 11.3 Å². The van der Waals surface area contributed by atoms with Crippen LogP contribution in [-0.2, 0) is 9.53 Å². The van der Waals surface area contributed by atoms with E-state index >= 15 is 0 Å². The van der Waals surface area contributed by atoms with Crippen molar-refractivity contribution >= 4 is 28.8 Å². The van der Waals surface area contributed by atoms with Crippen molar-refractivity contribution in [2.75, 3.05) is 31.6 Å². The average Bonchev–Trinajstić information content (AvgIpc) is 3.51. The van der Waals surface area contributed by atoms with Crippen LogP contribution in [0.25, 0.3) is 0 Å². The van der Waals surface area contributed by atoms with Crippen molar-refractivity contribution < 1.29 is 14.3 Å². The molecule has 0 radical (unpaired) electrons. The molecule has 2 N–H and O–H groups in total. The molecule has 7 heteroatoms. The van der Waals surface area contributed by atoms with Gasteiger partial charge in [0.15, 0.2) is 0 Å². The monoisotopic (exact) mass is 413 g/mol. The zero-order valence-electron chi connectivity index (χ0n) is 16.4. The summed E-state index contributed by atoms with van der Waals surface area (Å²) in [7, 11) is 0. The maximum absolute atomic E-state index is 12.8. The Labute approximate surface area is 175 Å². The first-order valence-corrected chi connectivity index (χ1v) is 11.2. The molecule has 0 unspecified atom stereocenters. The number of rotatable bonds is 7. The van der Waals surface area contributed by atoms with E-state index in [1.54, 1.807) is 35.6 Å². The van der Waals surface area contributed by atoms with Crippen LogP contribution in [0.4, 0.5) is 5.69 Å². The van der Waals surface area contributed by atoms with Crippen LogP contribution in [0.5, 0.6) is 0 Å². The van der Waals surface area contributed by atoms with Crippen LogP contribution in [-0.4, -0.2) is 49.1 Å². The highest BCUT2D eigenvalue weighted by atomic mass is 32.1. The molecule has 2 fully saturated rings. The molecule has 2 aliphatic heterocycles. The van der Waals surface area contributed by atoms with Crippen molar-refractivity contribution in [2.24, 2.45) is 0 Å². The first-order chi connectivity index (χ1) is 14.2. The summed E-state index contributed by atoms with van der Waals surface area (Å²) in [6.45, 7) is 3.35. The number of hydrogen-bond acceptors (Lipinski definition) is 5. The molecule has 154 valence electrons. The lowest BCUT2D eigenvalue weighted by Crippen LogP contribution is -2.36. The smallest absolute Gasteiger partial charge is 0.253 e. The second kappa shape index (κ2) is 9.52. The Bertz CT molecular complexity index is 828. The Kier molecular flexibility index (Phi) is 6.59. The minimum atomic E-state index is -0.389. The number of nitrogens with zero attached hydrogens (tertiary/aromatic N) is 1. The molecule has 2 saturated heterocycles. The second-order valence-electron chi connectivity index (χ2n) is 7.56. The van der Waals surface area contributed by atoms with Crippen molar-refractivity contribution in [3.8, 4) is 0 Å². The van der Waals surface area contributed by atoms with E-state index in [4.69, 9.17) is 4.74 Å². The van der Waals surface area contributed by atoms with Crippen LogP contribution in [0.3, 0.4) is 0 Å². The molecule has 6 nitrogen and oxygen atoms in total. The number of carbonyl (C=O) groups excluding carboxylic acids is 2. The Morgan fingerprint density at radius 2 is 2.03 bits per heavy atom. The van der Waals surface area contributed by atoms with Crippen LogP contribution in [0.15, 0.2) is 41.8 Å². The highest BCUT2D eigenvalue weighted by Crippen LogP contribution is 2.28. The van der Waals surface area contributed by atoms with Gasteiger partial charge in [0.1, 0.15) is 6.10 Å². The van der Waals surface area contributed by atoms with E-state index < -0.39 is 0 Å². The molecule has 2 amide bonds. The number of likely N-dealkylation sites (tertiary alicyclic amines) is 1. The normalized spacial score (nSPS) is 20.5. The van der Waals surface area contributed by atoms with Crippen LogP contribution in [0.2, 0.25) is 0 Å². The minimum Gasteiger partial charge on any atom is -0.368 e. The van der Waals surface area contributed by atoms with Crippen molar-refractivity contribution in [3.05, 3.63) is 52.2 Å². The number of carbonyl (C=O) groups is 2. The molecule has 0 bridgehead atoms. The molecule has 29 heavy (non-hydrogen) atoms. The Morgan fingerprint density at radius 3 is 2.76 bits per heavy atom. The summed E-state index contributed by atoms with van der Waals surface area (Å²) < 4.78 is 5.42. The van der Waals surface area contributed by atoms with Gasteiger partial charge < -0.3 is 15.4 Å². The van der Waals surface area contributed by atoms with Gasteiger partial charge in [-0.25, -0.2) is 0 Å². The van der Waals surface area contributed by atoms with Gasteiger partial charge in [-0.3, -0.25) is 14.5 Å². The van der Waals surface area contributed by atoms with Gasteiger partial charge in [-0.15, -0.1) is 11.3 Å². The third-order valence-electron chi connectivity index (χ3n) is 5.52. The van der Waals surface area contributed by atoms with Gasteiger partial charge in [0.05, 0.1) is 6.04 Å². The average molecular weight is 414 g/mol. The molecule has 0 saturated carbocycles. The minimum absolute atomic E-state index is 0.126. The van der Waals surface area contributed by atoms with Crippen LogP contribution in [0.1, 0.15) is 47.0 Å². The molecule has 0 spiro atoms. The molecule has 4 rings (SSSR count). The molecular formula is C22H27N3O3S. The molecule has 2 aromatic rings. The topological polar surface area (TPSA) is 70.7 Å². The van der Waals surface area contributed by atoms with Crippen LogP contribution in [0, 0.1) is 0 Å². The van der Waals surface area contributed by atoms with Crippen molar-refractivity contribution in [2.45, 2.75) is 37.8 Å². The summed E-state index contributed by atoms with van der Waals surface area (Å²) in [5, 5.41) is 8.03. The lowest BCUT2D eigenvalue weighted by Gasteiger charge is -2.27. The zero-order valence-corrected chi connectivity index (χ0v) is 17.2. The maximum atomic E-state index is 12.8. The number of anilines is 1. The highest BCUT2D eigenvalue weighted by molar-refractivity contribution is 7.10. The molecular weight excluding hydrogens is 386 g/mol. The standard InChI is InChI=1S/C22H27N3O3S/c26-21(23-15-18(20-9-5-13-29-20)25-10-1-2-11-25)16-6-3-7-17(14-16)24-22(27)19-8-4-12-28-19/h3,5-7,9,13-14,18-19H,1-2,4,8,10-12,15H2,(H,23,26)(H,24,27)/t18-,19+/m1/s1. The maximum Gasteiger partial charge on any atom is 0.253 e. The quantitative estimate of drug-likeness (QED) is 0.730. The molecule has 2 atom stereocenters. The summed E-state index contributed by atoms with van der Waals surface area (Å²) in [5.74, 6) is -0.272. The molecule has 1 aromatic carbocycles. The SMILES string of the molecule is O=C(NC[C@H](c1cccs1)N1CCCC1)c1cccc(NC(=O)[C@@H]2CCCO2)c1. The van der Waals surface area contributed by atoms with Crippen molar-refractivity contribution in [3.63, 3.8) is 0 Å². The number of hydrogen-bond donors (Lipinski definition) is 2. The van der Waals surface area contributed by atoms with Gasteiger partial charge in [-0.1, -0.05) is 12.1 Å². The lowest BCUT2D eigenvalue weighted by molar-refractivity contribution is -0.124. The van der Waals surface area contributed by atoms with Crippen molar-refractivity contribution in [1.82, 2.24) is 10.2 Å². The Balaban J connectivity index is 1.38. The van der Waals surface area contributed by atoms with Gasteiger partial charge in [0, 0.05) is 29.3 Å². The molecule has 3 heterocycles. The third-order valence-corrected chi connectivity index (χ3v) is 6.50. The molecule has 1 aromatic heterocycles. The fourth-order valence-corrected chi connectivity index (χ4v) is 4.84. The van der Waals surface area contributed by atoms with Crippen molar-refractivity contribution in [1.29, 1.82) is 0 Å². The summed E-state index contributed by atoms with van der Waals surface area (Å²) in [6, 6.07) is 11.5. The van der Waals surface area contributed by atoms with E-state index in [9.17, 15) is 9.59 Å². The molecule has 2 aliphatic rings. The summed E-state index contributed by atoms with van der Waals surface area (Å²) >= 11 is 1.73. The first kappa shape index (κ1) is 20.1. The predicted octanol–water partition coefficient (Wildman–Crippen LogP) is 3.43. The fourth-order valence-electron chi connectivity index (χ4n) is 3.98. The fraction of sp³-hybridized carbons (Fsp3) is 0.455. The number of nitrogens with one attached hydrogen (secondary N) is 2. The zero-order chi connectivity index (χ0) is 20.1. The summed E-state index contributed by atoms with van der Waals surface area (Å²) in [5.41, 5.74) is 1.16. The van der Waals surface area contributed by atoms with Gasteiger partial charge in [0.25, 0.3) is 11.8 Å².